The van der Waals surface area contributed by atoms with Gasteiger partial charge in [0.15, 0.2) is 0 Å². The number of hydrogen-bond acceptors (Lipinski definition) is 3. The molecule has 2 aromatic rings. The van der Waals surface area contributed by atoms with E-state index in [9.17, 15) is 17.6 Å². The van der Waals surface area contributed by atoms with Crippen LogP contribution in [0.15, 0.2) is 41.3 Å². The predicted octanol–water partition coefficient (Wildman–Crippen LogP) is 3.76. The molecule has 2 aromatic carbocycles. The van der Waals surface area contributed by atoms with Gasteiger partial charge in [-0.3, -0.25) is 4.72 Å². The Bertz CT molecular complexity index is 874. The summed E-state index contributed by atoms with van der Waals surface area (Å²) < 4.78 is 41.2. The van der Waals surface area contributed by atoms with Gasteiger partial charge in [0.1, 0.15) is 5.82 Å². The van der Waals surface area contributed by atoms with Crippen LogP contribution in [-0.4, -0.2) is 19.5 Å². The van der Waals surface area contributed by atoms with E-state index < -0.39 is 32.3 Å². The van der Waals surface area contributed by atoms with Crippen molar-refractivity contribution in [2.45, 2.75) is 31.6 Å². The maximum atomic E-state index is 13.9. The number of sulfonamides is 1. The summed E-state index contributed by atoms with van der Waals surface area (Å²) in [4.78, 5) is 10.6. The van der Waals surface area contributed by atoms with E-state index in [0.717, 1.165) is 17.7 Å². The maximum Gasteiger partial charge on any atom is 0.335 e. The molecule has 0 aliphatic heterocycles. The van der Waals surface area contributed by atoms with E-state index in [2.05, 4.69) is 4.72 Å². The minimum atomic E-state index is -4.11. The van der Waals surface area contributed by atoms with E-state index in [1.54, 1.807) is 24.3 Å². The van der Waals surface area contributed by atoms with Gasteiger partial charge in [-0.1, -0.05) is 26.0 Å². The monoisotopic (exact) mass is 351 g/mol. The van der Waals surface area contributed by atoms with Crippen LogP contribution in [0.5, 0.6) is 0 Å². The molecule has 0 radical (unpaired) electrons. The molecular weight excluding hydrogens is 333 g/mol. The van der Waals surface area contributed by atoms with Crippen molar-refractivity contribution in [1.29, 1.82) is 0 Å². The Hall–Kier alpha value is -2.41. The van der Waals surface area contributed by atoms with Crippen molar-refractivity contribution in [1.82, 2.24) is 0 Å². The number of carboxylic acid groups (broad SMARTS) is 1. The first-order chi connectivity index (χ1) is 11.1. The van der Waals surface area contributed by atoms with Gasteiger partial charge in [0.25, 0.3) is 10.0 Å². The molecule has 0 aromatic heterocycles. The molecule has 0 amide bonds. The zero-order chi connectivity index (χ0) is 18.1. The smallest absolute Gasteiger partial charge is 0.335 e. The highest BCUT2D eigenvalue weighted by Crippen LogP contribution is 2.24. The fraction of sp³-hybridized carbons (Fsp3) is 0.235. The van der Waals surface area contributed by atoms with Gasteiger partial charge in [-0.05, 0) is 42.7 Å². The molecule has 0 saturated carbocycles. The number of nitrogens with one attached hydrogen (secondary N) is 1. The van der Waals surface area contributed by atoms with Gasteiger partial charge in [0.2, 0.25) is 0 Å². The van der Waals surface area contributed by atoms with Crippen LogP contribution in [0, 0.1) is 12.7 Å². The van der Waals surface area contributed by atoms with Crippen molar-refractivity contribution in [3.8, 4) is 0 Å². The van der Waals surface area contributed by atoms with E-state index in [1.807, 2.05) is 13.8 Å². The Balaban J connectivity index is 2.42. The second kappa shape index (κ2) is 6.60. The molecule has 0 unspecified atom stereocenters. The molecule has 2 rings (SSSR count). The summed E-state index contributed by atoms with van der Waals surface area (Å²) in [6, 6.07) is 8.56. The highest BCUT2D eigenvalue weighted by molar-refractivity contribution is 7.92. The van der Waals surface area contributed by atoms with Crippen molar-refractivity contribution >= 4 is 21.7 Å². The average molecular weight is 351 g/mol. The number of carbonyl (C=O) groups is 1. The van der Waals surface area contributed by atoms with Crippen LogP contribution in [0.4, 0.5) is 10.1 Å². The minimum absolute atomic E-state index is 0.133. The fourth-order valence-electron chi connectivity index (χ4n) is 2.20. The first-order valence-electron chi connectivity index (χ1n) is 7.28. The Kier molecular flexibility index (Phi) is 4.94. The largest absolute Gasteiger partial charge is 0.478 e. The summed E-state index contributed by atoms with van der Waals surface area (Å²) in [5.74, 6) is -1.98. The van der Waals surface area contributed by atoms with E-state index >= 15 is 0 Å². The molecule has 0 spiro atoms. The van der Waals surface area contributed by atoms with Gasteiger partial charge in [-0.2, -0.15) is 0 Å². The molecule has 2 N–H and O–H groups in total. The van der Waals surface area contributed by atoms with E-state index in [4.69, 9.17) is 5.11 Å². The quantitative estimate of drug-likeness (QED) is 0.859. The highest BCUT2D eigenvalue weighted by atomic mass is 32.2. The van der Waals surface area contributed by atoms with Crippen molar-refractivity contribution in [2.75, 3.05) is 4.72 Å². The molecule has 0 atom stereocenters. The summed E-state index contributed by atoms with van der Waals surface area (Å²) in [6.45, 7) is 5.32. The summed E-state index contributed by atoms with van der Waals surface area (Å²) in [5.41, 5.74) is 0.813. The molecule has 0 bridgehead atoms. The van der Waals surface area contributed by atoms with Gasteiger partial charge >= 0.3 is 5.97 Å². The number of rotatable bonds is 5. The third-order valence-electron chi connectivity index (χ3n) is 3.66. The molecule has 0 aliphatic rings. The minimum Gasteiger partial charge on any atom is -0.478 e. The number of aromatic carboxylic acids is 1. The van der Waals surface area contributed by atoms with Crippen LogP contribution in [0.2, 0.25) is 0 Å². The number of anilines is 1. The van der Waals surface area contributed by atoms with E-state index in [-0.39, 0.29) is 5.56 Å². The normalized spacial score (nSPS) is 11.5. The summed E-state index contributed by atoms with van der Waals surface area (Å²) in [7, 11) is -4.11. The van der Waals surface area contributed by atoms with Crippen LogP contribution < -0.4 is 4.72 Å². The summed E-state index contributed by atoms with van der Waals surface area (Å²) >= 11 is 0. The molecular formula is C17H18FNO4S. The van der Waals surface area contributed by atoms with E-state index in [1.165, 1.54) is 6.92 Å². The molecule has 0 heterocycles. The lowest BCUT2D eigenvalue weighted by molar-refractivity contribution is 0.0696. The molecule has 128 valence electrons. The number of carboxylic acids is 1. The topological polar surface area (TPSA) is 83.5 Å². The van der Waals surface area contributed by atoms with Gasteiger partial charge < -0.3 is 5.11 Å². The molecule has 0 saturated heterocycles. The third kappa shape index (κ3) is 3.73. The number of halogens is 1. The second-order valence-corrected chi connectivity index (χ2v) is 7.42. The summed E-state index contributed by atoms with van der Waals surface area (Å²) in [6.07, 6.45) is 0. The third-order valence-corrected chi connectivity index (χ3v) is 5.17. The second-order valence-electron chi connectivity index (χ2n) is 5.77. The Labute approximate surface area is 140 Å². The average Bonchev–Trinajstić information content (AvgIpc) is 2.49. The lowest BCUT2D eigenvalue weighted by Gasteiger charge is -2.13. The first-order valence-corrected chi connectivity index (χ1v) is 8.76. The molecule has 0 aliphatic carbocycles. The Morgan fingerprint density at radius 3 is 2.25 bits per heavy atom. The maximum absolute atomic E-state index is 13.9. The Morgan fingerprint density at radius 2 is 1.75 bits per heavy atom. The summed E-state index contributed by atoms with van der Waals surface area (Å²) in [5, 5.41) is 8.98. The molecule has 0 fully saturated rings. The standard InChI is InChI=1S/C17H18FNO4S/c1-10(2)12-4-6-14(7-5-12)19-24(22,23)16-9-13(17(20)21)8-15(18)11(16)3/h4-10,19H,1-3H3,(H,20,21). The Morgan fingerprint density at radius 1 is 1.17 bits per heavy atom. The lowest BCUT2D eigenvalue weighted by atomic mass is 10.0. The predicted molar refractivity (Wildman–Crippen MR) is 89.4 cm³/mol. The van der Waals surface area contributed by atoms with E-state index in [0.29, 0.717) is 11.6 Å². The zero-order valence-electron chi connectivity index (χ0n) is 13.5. The van der Waals surface area contributed by atoms with Crippen LogP contribution >= 0.6 is 0 Å². The van der Waals surface area contributed by atoms with Crippen LogP contribution in [0.1, 0.15) is 41.3 Å². The SMILES string of the molecule is Cc1c(F)cc(C(=O)O)cc1S(=O)(=O)Nc1ccc(C(C)C)cc1. The van der Waals surface area contributed by atoms with Crippen molar-refractivity contribution in [2.24, 2.45) is 0 Å². The van der Waals surface area contributed by atoms with Crippen molar-refractivity contribution < 1.29 is 22.7 Å². The van der Waals surface area contributed by atoms with Gasteiger partial charge in [0.05, 0.1) is 10.5 Å². The van der Waals surface area contributed by atoms with Crippen LogP contribution in [0.3, 0.4) is 0 Å². The number of hydrogen-bond donors (Lipinski definition) is 2. The zero-order valence-corrected chi connectivity index (χ0v) is 14.3. The van der Waals surface area contributed by atoms with Gasteiger partial charge in [-0.15, -0.1) is 0 Å². The molecule has 24 heavy (non-hydrogen) atoms. The molecule has 7 heteroatoms. The highest BCUT2D eigenvalue weighted by Gasteiger charge is 2.22. The first kappa shape index (κ1) is 17.9. The van der Waals surface area contributed by atoms with Gasteiger partial charge in [-0.25, -0.2) is 17.6 Å². The lowest BCUT2D eigenvalue weighted by Crippen LogP contribution is -2.16. The number of benzene rings is 2. The van der Waals surface area contributed by atoms with Crippen molar-refractivity contribution in [3.63, 3.8) is 0 Å². The molecule has 5 nitrogen and oxygen atoms in total. The van der Waals surface area contributed by atoms with Crippen molar-refractivity contribution in [3.05, 3.63) is 58.9 Å². The van der Waals surface area contributed by atoms with Gasteiger partial charge in [0, 0.05) is 11.3 Å². The van der Waals surface area contributed by atoms with Crippen LogP contribution in [-0.2, 0) is 10.0 Å². The van der Waals surface area contributed by atoms with Crippen LogP contribution in [0.25, 0.3) is 0 Å². The fourth-order valence-corrected chi connectivity index (χ4v) is 3.54.